The van der Waals surface area contributed by atoms with Gasteiger partial charge in [0, 0.05) is 25.2 Å². The van der Waals surface area contributed by atoms with Crippen LogP contribution in [0.25, 0.3) is 0 Å². The lowest BCUT2D eigenvalue weighted by molar-refractivity contribution is 0.671. The van der Waals surface area contributed by atoms with Crippen LogP contribution in [0, 0.1) is 11.8 Å². The Morgan fingerprint density at radius 3 is 2.22 bits per heavy atom. The summed E-state index contributed by atoms with van der Waals surface area (Å²) in [5.74, 6) is 3.13. The molecule has 1 aromatic rings. The van der Waals surface area contributed by atoms with E-state index < -0.39 is 0 Å². The lowest BCUT2D eigenvalue weighted by Gasteiger charge is -2.24. The molecule has 0 aromatic carbocycles. The van der Waals surface area contributed by atoms with E-state index in [1.54, 1.807) is 0 Å². The van der Waals surface area contributed by atoms with Gasteiger partial charge in [0.05, 0.1) is 5.02 Å². The Balaban J connectivity index is 1.77. The Bertz CT molecular complexity index is 414. The third kappa shape index (κ3) is 3.10. The first-order valence-corrected chi connectivity index (χ1v) is 7.63. The molecule has 0 radical (unpaired) electrons. The highest BCUT2D eigenvalue weighted by Crippen LogP contribution is 2.37. The average Bonchev–Trinajstić information content (AvgIpc) is 3.23. The molecule has 0 saturated heterocycles. The van der Waals surface area contributed by atoms with Gasteiger partial charge < -0.3 is 4.90 Å². The average molecular weight is 285 g/mol. The Morgan fingerprint density at radius 2 is 1.78 bits per heavy atom. The van der Waals surface area contributed by atoms with Crippen LogP contribution in [0.15, 0.2) is 12.3 Å². The second-order valence-corrected chi connectivity index (χ2v) is 6.25. The molecule has 0 spiro atoms. The zero-order valence-corrected chi connectivity index (χ0v) is 11.9. The Morgan fingerprint density at radius 1 is 1.17 bits per heavy atom. The van der Waals surface area contributed by atoms with Gasteiger partial charge in [-0.25, -0.2) is 4.98 Å². The summed E-state index contributed by atoms with van der Waals surface area (Å²) in [6, 6.07) is 1.95. The van der Waals surface area contributed by atoms with Gasteiger partial charge in [-0.05, 0) is 49.1 Å². The summed E-state index contributed by atoms with van der Waals surface area (Å²) >= 11 is 12.2. The molecular formula is C14H18Cl2N2. The van der Waals surface area contributed by atoms with Crippen molar-refractivity contribution in [3.63, 3.8) is 0 Å². The van der Waals surface area contributed by atoms with Crippen molar-refractivity contribution >= 4 is 29.0 Å². The van der Waals surface area contributed by atoms with Crippen LogP contribution in [0.5, 0.6) is 0 Å². The second kappa shape index (κ2) is 5.26. The SMILES string of the molecule is ClCc1cnc(N(CC2CC2)CC2CC2)c(Cl)c1. The summed E-state index contributed by atoms with van der Waals surface area (Å²) in [5.41, 5.74) is 0.989. The number of halogens is 2. The van der Waals surface area contributed by atoms with Gasteiger partial charge in [-0.2, -0.15) is 0 Å². The van der Waals surface area contributed by atoms with E-state index in [1.165, 1.54) is 25.7 Å². The number of aromatic nitrogens is 1. The number of anilines is 1. The van der Waals surface area contributed by atoms with Crippen LogP contribution in [-0.4, -0.2) is 18.1 Å². The molecule has 0 atom stereocenters. The van der Waals surface area contributed by atoms with E-state index in [2.05, 4.69) is 9.88 Å². The molecule has 0 bridgehead atoms. The van der Waals surface area contributed by atoms with Crippen molar-refractivity contribution in [1.82, 2.24) is 4.98 Å². The Hall–Kier alpha value is -0.470. The van der Waals surface area contributed by atoms with Crippen LogP contribution >= 0.6 is 23.2 Å². The predicted octanol–water partition coefficient (Wildman–Crippen LogP) is 4.10. The minimum absolute atomic E-state index is 0.470. The quantitative estimate of drug-likeness (QED) is 0.731. The molecular weight excluding hydrogens is 267 g/mol. The van der Waals surface area contributed by atoms with E-state index in [0.29, 0.717) is 5.88 Å². The summed E-state index contributed by atoms with van der Waals surface area (Å²) in [6.07, 6.45) is 7.29. The van der Waals surface area contributed by atoms with Crippen LogP contribution in [0.3, 0.4) is 0 Å². The highest BCUT2D eigenvalue weighted by molar-refractivity contribution is 6.33. The zero-order chi connectivity index (χ0) is 12.5. The highest BCUT2D eigenvalue weighted by Gasteiger charge is 2.30. The molecule has 98 valence electrons. The van der Waals surface area contributed by atoms with E-state index in [9.17, 15) is 0 Å². The number of hydrogen-bond donors (Lipinski definition) is 0. The minimum Gasteiger partial charge on any atom is -0.355 e. The van der Waals surface area contributed by atoms with Crippen LogP contribution in [0.4, 0.5) is 5.82 Å². The molecule has 3 rings (SSSR count). The maximum Gasteiger partial charge on any atom is 0.147 e. The van der Waals surface area contributed by atoms with Crippen LogP contribution in [0.1, 0.15) is 31.2 Å². The van der Waals surface area contributed by atoms with Crippen LogP contribution in [0.2, 0.25) is 5.02 Å². The van der Waals surface area contributed by atoms with Gasteiger partial charge >= 0.3 is 0 Å². The fourth-order valence-corrected chi connectivity index (χ4v) is 2.70. The summed E-state index contributed by atoms with van der Waals surface area (Å²) in [7, 11) is 0. The standard InChI is InChI=1S/C14H18Cl2N2/c15-6-12-5-13(16)14(17-7-12)18(8-10-1-2-10)9-11-3-4-11/h5,7,10-11H,1-4,6,8-9H2. The van der Waals surface area contributed by atoms with E-state index >= 15 is 0 Å². The molecule has 1 aromatic heterocycles. The molecule has 4 heteroatoms. The van der Waals surface area contributed by atoms with Crippen LogP contribution in [-0.2, 0) is 5.88 Å². The first-order valence-electron chi connectivity index (χ1n) is 6.71. The molecule has 18 heavy (non-hydrogen) atoms. The smallest absolute Gasteiger partial charge is 0.147 e. The molecule has 0 amide bonds. The molecule has 2 aliphatic rings. The lowest BCUT2D eigenvalue weighted by Crippen LogP contribution is -2.29. The Kier molecular flexibility index (Phi) is 3.67. The van der Waals surface area contributed by atoms with E-state index in [1.807, 2.05) is 12.3 Å². The zero-order valence-electron chi connectivity index (χ0n) is 10.4. The monoisotopic (exact) mass is 284 g/mol. The third-order valence-corrected chi connectivity index (χ3v) is 4.27. The van der Waals surface area contributed by atoms with Gasteiger partial charge in [0.15, 0.2) is 0 Å². The molecule has 1 heterocycles. The number of nitrogens with zero attached hydrogens (tertiary/aromatic N) is 2. The summed E-state index contributed by atoms with van der Waals surface area (Å²) < 4.78 is 0. The summed E-state index contributed by atoms with van der Waals surface area (Å²) in [5, 5.41) is 0.745. The number of pyridine rings is 1. The van der Waals surface area contributed by atoms with E-state index in [-0.39, 0.29) is 0 Å². The normalized spacial score (nSPS) is 19.0. The largest absolute Gasteiger partial charge is 0.355 e. The van der Waals surface area contributed by atoms with E-state index in [4.69, 9.17) is 23.2 Å². The van der Waals surface area contributed by atoms with Crippen molar-refractivity contribution in [3.05, 3.63) is 22.8 Å². The second-order valence-electron chi connectivity index (χ2n) is 5.57. The molecule has 2 nitrogen and oxygen atoms in total. The lowest BCUT2D eigenvalue weighted by atomic mass is 10.2. The van der Waals surface area contributed by atoms with Crippen LogP contribution < -0.4 is 4.90 Å². The Labute approximate surface area is 118 Å². The summed E-state index contributed by atoms with van der Waals surface area (Å²) in [4.78, 5) is 6.91. The maximum absolute atomic E-state index is 6.35. The van der Waals surface area contributed by atoms with Crippen molar-refractivity contribution in [1.29, 1.82) is 0 Å². The fourth-order valence-electron chi connectivity index (χ4n) is 2.25. The fraction of sp³-hybridized carbons (Fsp3) is 0.643. The molecule has 0 aliphatic heterocycles. The van der Waals surface area contributed by atoms with Gasteiger partial charge in [-0.15, -0.1) is 11.6 Å². The van der Waals surface area contributed by atoms with E-state index in [0.717, 1.165) is 41.3 Å². The molecule has 0 N–H and O–H groups in total. The predicted molar refractivity (Wildman–Crippen MR) is 76.5 cm³/mol. The number of rotatable bonds is 6. The molecule has 2 aliphatic carbocycles. The van der Waals surface area contributed by atoms with Crippen molar-refractivity contribution < 1.29 is 0 Å². The van der Waals surface area contributed by atoms with Crippen molar-refractivity contribution in [2.24, 2.45) is 11.8 Å². The third-order valence-electron chi connectivity index (χ3n) is 3.68. The van der Waals surface area contributed by atoms with Gasteiger partial charge in [0.1, 0.15) is 5.82 Å². The first-order chi connectivity index (χ1) is 8.76. The topological polar surface area (TPSA) is 16.1 Å². The summed E-state index contributed by atoms with van der Waals surface area (Å²) in [6.45, 7) is 2.23. The highest BCUT2D eigenvalue weighted by atomic mass is 35.5. The van der Waals surface area contributed by atoms with Gasteiger partial charge in [0.25, 0.3) is 0 Å². The molecule has 0 unspecified atom stereocenters. The number of alkyl halides is 1. The van der Waals surface area contributed by atoms with Gasteiger partial charge in [0.2, 0.25) is 0 Å². The van der Waals surface area contributed by atoms with Crippen molar-refractivity contribution in [2.75, 3.05) is 18.0 Å². The van der Waals surface area contributed by atoms with Gasteiger partial charge in [-0.1, -0.05) is 11.6 Å². The molecule has 2 fully saturated rings. The van der Waals surface area contributed by atoms with Crippen molar-refractivity contribution in [2.45, 2.75) is 31.6 Å². The molecule has 2 saturated carbocycles. The maximum atomic E-state index is 6.35. The number of hydrogen-bond acceptors (Lipinski definition) is 2. The van der Waals surface area contributed by atoms with Gasteiger partial charge in [-0.3, -0.25) is 0 Å². The van der Waals surface area contributed by atoms with Crippen molar-refractivity contribution in [3.8, 4) is 0 Å². The minimum atomic E-state index is 0.470. The first kappa shape index (κ1) is 12.6.